The Hall–Kier alpha value is -2.59. The summed E-state index contributed by atoms with van der Waals surface area (Å²) in [6.07, 6.45) is 5.44. The summed E-state index contributed by atoms with van der Waals surface area (Å²) < 4.78 is 27.4. The molecule has 0 aliphatic carbocycles. The summed E-state index contributed by atoms with van der Waals surface area (Å²) in [7, 11) is -3.64. The summed E-state index contributed by atoms with van der Waals surface area (Å²) in [4.78, 5) is 0.282. The van der Waals surface area contributed by atoms with Gasteiger partial charge >= 0.3 is 0 Å². The second-order valence-corrected chi connectivity index (χ2v) is 7.71. The molecule has 0 atom stereocenters. The summed E-state index contributed by atoms with van der Waals surface area (Å²) >= 11 is 0. The van der Waals surface area contributed by atoms with Gasteiger partial charge in [0.1, 0.15) is 0 Å². The molecule has 122 valence electrons. The van der Waals surface area contributed by atoms with Crippen LogP contribution in [0.15, 0.2) is 77.9 Å². The van der Waals surface area contributed by atoms with Crippen LogP contribution in [0.4, 0.5) is 0 Å². The van der Waals surface area contributed by atoms with Gasteiger partial charge in [-0.2, -0.15) is 0 Å². The maximum absolute atomic E-state index is 13.0. The Morgan fingerprint density at radius 1 is 1.08 bits per heavy atom. The Bertz CT molecular complexity index is 1040. The summed E-state index contributed by atoms with van der Waals surface area (Å²) in [5, 5.41) is 0.894. The van der Waals surface area contributed by atoms with E-state index in [2.05, 4.69) is 6.58 Å². The highest BCUT2D eigenvalue weighted by molar-refractivity contribution is 7.90. The molecule has 3 rings (SSSR count). The third-order valence-electron chi connectivity index (χ3n) is 3.83. The fourth-order valence-corrected chi connectivity index (χ4v) is 3.94. The quantitative estimate of drug-likeness (QED) is 0.643. The van der Waals surface area contributed by atoms with Gasteiger partial charge in [-0.05, 0) is 32.0 Å². The molecule has 0 N–H and O–H groups in total. The molecule has 0 amide bonds. The van der Waals surface area contributed by atoms with Crippen molar-refractivity contribution in [3.63, 3.8) is 0 Å². The van der Waals surface area contributed by atoms with E-state index in [1.165, 1.54) is 3.97 Å². The van der Waals surface area contributed by atoms with Gasteiger partial charge in [-0.25, -0.2) is 12.4 Å². The molecule has 0 aliphatic rings. The molecule has 24 heavy (non-hydrogen) atoms. The van der Waals surface area contributed by atoms with Gasteiger partial charge in [-0.1, -0.05) is 60.2 Å². The number of hydrogen-bond donors (Lipinski definition) is 0. The lowest BCUT2D eigenvalue weighted by Crippen LogP contribution is -2.11. The number of rotatable bonds is 4. The van der Waals surface area contributed by atoms with Crippen molar-refractivity contribution in [2.75, 3.05) is 0 Å². The van der Waals surface area contributed by atoms with Crippen molar-refractivity contribution in [3.05, 3.63) is 84.1 Å². The van der Waals surface area contributed by atoms with Crippen LogP contribution in [0.1, 0.15) is 18.1 Å². The van der Waals surface area contributed by atoms with Crippen LogP contribution in [0.25, 0.3) is 17.0 Å². The SMILES string of the molecule is C=C(C)C=Cc1cn(S(=O)(=O)c2ccc(C)cc2)c2ccccc12. The van der Waals surface area contributed by atoms with Crippen LogP contribution in [-0.2, 0) is 10.0 Å². The summed E-state index contributed by atoms with van der Waals surface area (Å²) in [5.74, 6) is 0. The van der Waals surface area contributed by atoms with Crippen LogP contribution in [-0.4, -0.2) is 12.4 Å². The Kier molecular flexibility index (Phi) is 4.16. The second-order valence-electron chi connectivity index (χ2n) is 5.90. The van der Waals surface area contributed by atoms with Crippen molar-refractivity contribution in [1.82, 2.24) is 3.97 Å². The predicted molar refractivity (Wildman–Crippen MR) is 99.5 cm³/mol. The van der Waals surface area contributed by atoms with Crippen molar-refractivity contribution in [3.8, 4) is 0 Å². The van der Waals surface area contributed by atoms with Crippen LogP contribution in [0, 0.1) is 6.92 Å². The maximum Gasteiger partial charge on any atom is 0.268 e. The highest BCUT2D eigenvalue weighted by atomic mass is 32.2. The smallest absolute Gasteiger partial charge is 0.241 e. The largest absolute Gasteiger partial charge is 0.268 e. The molecule has 0 saturated carbocycles. The number of aromatic nitrogens is 1. The Morgan fingerprint density at radius 3 is 2.42 bits per heavy atom. The van der Waals surface area contributed by atoms with Gasteiger partial charge in [0.2, 0.25) is 0 Å². The highest BCUT2D eigenvalue weighted by Gasteiger charge is 2.20. The van der Waals surface area contributed by atoms with Crippen molar-refractivity contribution in [1.29, 1.82) is 0 Å². The number of para-hydroxylation sites is 1. The first-order valence-electron chi connectivity index (χ1n) is 7.65. The van der Waals surface area contributed by atoms with E-state index >= 15 is 0 Å². The molecule has 2 aromatic carbocycles. The van der Waals surface area contributed by atoms with Crippen LogP contribution in [0.5, 0.6) is 0 Å². The second kappa shape index (κ2) is 6.13. The minimum Gasteiger partial charge on any atom is -0.241 e. The number of nitrogens with zero attached hydrogens (tertiary/aromatic N) is 1. The first-order valence-corrected chi connectivity index (χ1v) is 9.09. The van der Waals surface area contributed by atoms with Crippen molar-refractivity contribution < 1.29 is 8.42 Å². The van der Waals surface area contributed by atoms with Gasteiger partial charge in [0.25, 0.3) is 10.0 Å². The zero-order valence-corrected chi connectivity index (χ0v) is 14.5. The fraction of sp³-hybridized carbons (Fsp3) is 0.100. The van der Waals surface area contributed by atoms with E-state index in [1.807, 2.05) is 50.3 Å². The van der Waals surface area contributed by atoms with E-state index in [0.717, 1.165) is 22.1 Å². The van der Waals surface area contributed by atoms with Crippen molar-refractivity contribution in [2.24, 2.45) is 0 Å². The van der Waals surface area contributed by atoms with Crippen LogP contribution >= 0.6 is 0 Å². The fourth-order valence-electron chi connectivity index (χ4n) is 2.56. The van der Waals surface area contributed by atoms with Crippen LogP contribution < -0.4 is 0 Å². The molecule has 0 radical (unpaired) electrons. The van der Waals surface area contributed by atoms with Gasteiger partial charge < -0.3 is 0 Å². The molecule has 1 heterocycles. The minimum absolute atomic E-state index is 0.282. The molecule has 0 unspecified atom stereocenters. The van der Waals surface area contributed by atoms with Crippen molar-refractivity contribution >= 4 is 27.0 Å². The first-order chi connectivity index (χ1) is 11.4. The standard InChI is InChI=1S/C20H19NO2S/c1-15(2)8-11-17-14-21(20-7-5-4-6-19(17)20)24(22,23)18-12-9-16(3)10-13-18/h4-14H,1H2,2-3H3. The van der Waals surface area contributed by atoms with Crippen LogP contribution in [0.3, 0.4) is 0 Å². The number of aryl methyl sites for hydroxylation is 1. The zero-order valence-electron chi connectivity index (χ0n) is 13.7. The van der Waals surface area contributed by atoms with E-state index in [9.17, 15) is 8.42 Å². The summed E-state index contributed by atoms with van der Waals surface area (Å²) in [6, 6.07) is 14.4. The Morgan fingerprint density at radius 2 is 1.75 bits per heavy atom. The number of fused-ring (bicyclic) bond motifs is 1. The van der Waals surface area contributed by atoms with E-state index in [1.54, 1.807) is 30.5 Å². The van der Waals surface area contributed by atoms with Gasteiger partial charge in [0, 0.05) is 17.1 Å². The van der Waals surface area contributed by atoms with Crippen LogP contribution in [0.2, 0.25) is 0 Å². The minimum atomic E-state index is -3.64. The molecule has 3 nitrogen and oxygen atoms in total. The lowest BCUT2D eigenvalue weighted by molar-refractivity contribution is 0.589. The molecule has 0 spiro atoms. The third-order valence-corrected chi connectivity index (χ3v) is 5.52. The monoisotopic (exact) mass is 337 g/mol. The Balaban J connectivity index is 2.22. The molecular weight excluding hydrogens is 318 g/mol. The van der Waals surface area contributed by atoms with Gasteiger partial charge in [0.15, 0.2) is 0 Å². The molecule has 4 heteroatoms. The van der Waals surface area contributed by atoms with E-state index in [-0.39, 0.29) is 4.90 Å². The lowest BCUT2D eigenvalue weighted by Gasteiger charge is -2.07. The molecule has 0 saturated heterocycles. The predicted octanol–water partition coefficient (Wildman–Crippen LogP) is 4.78. The topological polar surface area (TPSA) is 39.1 Å². The van der Waals surface area contributed by atoms with Gasteiger partial charge in [0.05, 0.1) is 10.4 Å². The summed E-state index contributed by atoms with van der Waals surface area (Å²) in [6.45, 7) is 7.68. The maximum atomic E-state index is 13.0. The normalized spacial score (nSPS) is 12.1. The van der Waals surface area contributed by atoms with E-state index in [4.69, 9.17) is 0 Å². The average molecular weight is 337 g/mol. The number of hydrogen-bond acceptors (Lipinski definition) is 2. The molecule has 1 aromatic heterocycles. The zero-order chi connectivity index (χ0) is 17.3. The van der Waals surface area contributed by atoms with Gasteiger partial charge in [-0.15, -0.1) is 0 Å². The molecule has 0 fully saturated rings. The lowest BCUT2D eigenvalue weighted by atomic mass is 10.1. The number of allylic oxidation sites excluding steroid dienone is 2. The third kappa shape index (κ3) is 2.93. The Labute approximate surface area is 142 Å². The first kappa shape index (κ1) is 16.3. The summed E-state index contributed by atoms with van der Waals surface area (Å²) in [5.41, 5.74) is 3.45. The molecule has 0 bridgehead atoms. The molecular formula is C20H19NO2S. The molecule has 3 aromatic rings. The van der Waals surface area contributed by atoms with Gasteiger partial charge in [-0.3, -0.25) is 0 Å². The average Bonchev–Trinajstić information content (AvgIpc) is 2.93. The van der Waals surface area contributed by atoms with E-state index < -0.39 is 10.0 Å². The van der Waals surface area contributed by atoms with Crippen molar-refractivity contribution in [2.45, 2.75) is 18.7 Å². The number of benzene rings is 2. The highest BCUT2D eigenvalue weighted by Crippen LogP contribution is 2.27. The molecule has 0 aliphatic heterocycles. The van der Waals surface area contributed by atoms with E-state index in [0.29, 0.717) is 5.52 Å².